The van der Waals surface area contributed by atoms with Crippen LogP contribution in [0.2, 0.25) is 0 Å². The zero-order chi connectivity index (χ0) is 17.3. The van der Waals surface area contributed by atoms with Gasteiger partial charge < -0.3 is 19.5 Å². The number of ether oxygens (including phenoxy) is 3. The van der Waals surface area contributed by atoms with Gasteiger partial charge in [-0.3, -0.25) is 4.79 Å². The third kappa shape index (κ3) is 7.47. The van der Waals surface area contributed by atoms with Crippen molar-refractivity contribution in [2.45, 2.75) is 45.3 Å². The molecule has 2 atom stereocenters. The lowest BCUT2D eigenvalue weighted by Crippen LogP contribution is -2.45. The minimum atomic E-state index is -1.11. The molecule has 0 rings (SSSR count). The Morgan fingerprint density at radius 2 is 1.68 bits per heavy atom. The van der Waals surface area contributed by atoms with Crippen LogP contribution in [0.1, 0.15) is 33.6 Å². The van der Waals surface area contributed by atoms with E-state index >= 15 is 0 Å². The molecule has 0 radical (unpaired) electrons. The fraction of sp³-hybridized carbons (Fsp3) is 0.714. The number of hydrogen-bond acceptors (Lipinski definition) is 7. The molecule has 0 fully saturated rings. The smallest absolute Gasteiger partial charge is 0.408 e. The van der Waals surface area contributed by atoms with E-state index in [2.05, 4.69) is 14.8 Å². The molecule has 0 spiro atoms. The van der Waals surface area contributed by atoms with E-state index in [9.17, 15) is 14.4 Å². The summed E-state index contributed by atoms with van der Waals surface area (Å²) in [6.45, 7) is 5.02. The Hall–Kier alpha value is -2.30. The van der Waals surface area contributed by atoms with Gasteiger partial charge in [-0.2, -0.15) is 5.26 Å². The maximum atomic E-state index is 11.7. The second-order valence-corrected chi connectivity index (χ2v) is 5.54. The molecule has 1 unspecified atom stereocenters. The van der Waals surface area contributed by atoms with Gasteiger partial charge in [0.2, 0.25) is 0 Å². The van der Waals surface area contributed by atoms with Gasteiger partial charge in [0.1, 0.15) is 11.6 Å². The van der Waals surface area contributed by atoms with Crippen LogP contribution in [0.25, 0.3) is 0 Å². The molecule has 22 heavy (non-hydrogen) atoms. The van der Waals surface area contributed by atoms with Crippen molar-refractivity contribution in [1.29, 1.82) is 5.26 Å². The van der Waals surface area contributed by atoms with E-state index in [1.807, 2.05) is 6.07 Å². The Kier molecular flexibility index (Phi) is 7.94. The Morgan fingerprint density at radius 3 is 2.09 bits per heavy atom. The van der Waals surface area contributed by atoms with E-state index in [0.717, 1.165) is 7.11 Å². The van der Waals surface area contributed by atoms with Gasteiger partial charge in [0, 0.05) is 6.42 Å². The maximum Gasteiger partial charge on any atom is 0.408 e. The van der Waals surface area contributed by atoms with Crippen molar-refractivity contribution in [3.63, 3.8) is 0 Å². The van der Waals surface area contributed by atoms with Gasteiger partial charge in [-0.1, -0.05) is 0 Å². The highest BCUT2D eigenvalue weighted by atomic mass is 16.6. The Balaban J connectivity index is 4.98. The zero-order valence-electron chi connectivity index (χ0n) is 13.5. The normalized spacial score (nSPS) is 13.3. The molecule has 0 saturated heterocycles. The summed E-state index contributed by atoms with van der Waals surface area (Å²) < 4.78 is 14.2. The van der Waals surface area contributed by atoms with E-state index in [1.54, 1.807) is 20.8 Å². The van der Waals surface area contributed by atoms with Crippen LogP contribution in [0.4, 0.5) is 4.79 Å². The molecule has 0 heterocycles. The number of carbonyl (C=O) groups excluding carboxylic acids is 3. The van der Waals surface area contributed by atoms with Crippen LogP contribution in [0, 0.1) is 17.2 Å². The second kappa shape index (κ2) is 8.87. The first-order chi connectivity index (χ1) is 10.1. The standard InChI is InChI=1S/C14H22N2O6/c1-14(2,3)22-13(19)16-10(12(18)21-5)8-9(6-7-15)11(17)20-4/h9-10H,6,8H2,1-5H3,(H,16,19)/t9-,10?/m0/s1. The third-order valence-electron chi connectivity index (χ3n) is 2.57. The largest absolute Gasteiger partial charge is 0.469 e. The fourth-order valence-corrected chi connectivity index (χ4v) is 1.63. The van der Waals surface area contributed by atoms with Crippen LogP contribution >= 0.6 is 0 Å². The first kappa shape index (κ1) is 19.7. The van der Waals surface area contributed by atoms with Gasteiger partial charge in [0.05, 0.1) is 26.2 Å². The van der Waals surface area contributed by atoms with Crippen LogP contribution in [0.3, 0.4) is 0 Å². The lowest BCUT2D eigenvalue weighted by atomic mass is 9.97. The van der Waals surface area contributed by atoms with Crippen molar-refractivity contribution < 1.29 is 28.6 Å². The highest BCUT2D eigenvalue weighted by molar-refractivity contribution is 5.82. The van der Waals surface area contributed by atoms with Crippen LogP contribution in [-0.4, -0.2) is 43.9 Å². The summed E-state index contributed by atoms with van der Waals surface area (Å²) in [5.74, 6) is -2.23. The van der Waals surface area contributed by atoms with E-state index in [4.69, 9.17) is 10.00 Å². The minimum Gasteiger partial charge on any atom is -0.469 e. The lowest BCUT2D eigenvalue weighted by Gasteiger charge is -2.23. The van der Waals surface area contributed by atoms with Gasteiger partial charge in [0.15, 0.2) is 0 Å². The molecule has 0 saturated carbocycles. The van der Waals surface area contributed by atoms with Crippen molar-refractivity contribution in [3.05, 3.63) is 0 Å². The second-order valence-electron chi connectivity index (χ2n) is 5.54. The quantitative estimate of drug-likeness (QED) is 0.577. The number of nitrogens with zero attached hydrogens (tertiary/aromatic N) is 1. The molecular weight excluding hydrogens is 292 g/mol. The molecule has 8 heteroatoms. The molecule has 0 aliphatic rings. The topological polar surface area (TPSA) is 115 Å². The molecule has 1 amide bonds. The molecule has 0 bridgehead atoms. The molecule has 0 aliphatic heterocycles. The summed E-state index contributed by atoms with van der Waals surface area (Å²) in [4.78, 5) is 35.1. The number of rotatable bonds is 6. The van der Waals surface area contributed by atoms with Gasteiger partial charge in [-0.15, -0.1) is 0 Å². The molecule has 0 aromatic heterocycles. The number of carbonyl (C=O) groups is 3. The van der Waals surface area contributed by atoms with E-state index < -0.39 is 35.6 Å². The number of esters is 2. The Morgan fingerprint density at radius 1 is 1.14 bits per heavy atom. The summed E-state index contributed by atoms with van der Waals surface area (Å²) >= 11 is 0. The summed E-state index contributed by atoms with van der Waals surface area (Å²) in [7, 11) is 2.34. The number of alkyl carbamates (subject to hydrolysis) is 1. The van der Waals surface area contributed by atoms with E-state index in [-0.39, 0.29) is 12.8 Å². The SMILES string of the molecule is COC(=O)C(C[C@H](CC#N)C(=O)OC)NC(=O)OC(C)(C)C. The maximum absolute atomic E-state index is 11.7. The van der Waals surface area contributed by atoms with Crippen LogP contribution < -0.4 is 5.32 Å². The van der Waals surface area contributed by atoms with Crippen LogP contribution in [-0.2, 0) is 23.8 Å². The molecule has 0 aromatic rings. The van der Waals surface area contributed by atoms with Crippen LogP contribution in [0.5, 0.6) is 0 Å². The Bertz CT molecular complexity index is 449. The third-order valence-corrected chi connectivity index (χ3v) is 2.57. The number of nitrogens with one attached hydrogen (secondary N) is 1. The average Bonchev–Trinajstić information content (AvgIpc) is 2.42. The monoisotopic (exact) mass is 314 g/mol. The summed E-state index contributed by atoms with van der Waals surface area (Å²) in [6.07, 6.45) is -1.08. The summed E-state index contributed by atoms with van der Waals surface area (Å²) in [6, 6.07) is 0.726. The van der Waals surface area contributed by atoms with Gasteiger partial charge >= 0.3 is 18.0 Å². The summed E-state index contributed by atoms with van der Waals surface area (Å²) in [5.41, 5.74) is -0.737. The number of amides is 1. The van der Waals surface area contributed by atoms with Crippen molar-refractivity contribution in [2.24, 2.45) is 5.92 Å². The highest BCUT2D eigenvalue weighted by Crippen LogP contribution is 2.15. The van der Waals surface area contributed by atoms with Crippen LogP contribution in [0.15, 0.2) is 0 Å². The molecular formula is C14H22N2O6. The Labute approximate surface area is 129 Å². The van der Waals surface area contributed by atoms with Crippen molar-refractivity contribution >= 4 is 18.0 Å². The lowest BCUT2D eigenvalue weighted by molar-refractivity contribution is -0.148. The first-order valence-electron chi connectivity index (χ1n) is 6.66. The fourth-order valence-electron chi connectivity index (χ4n) is 1.63. The summed E-state index contributed by atoms with van der Waals surface area (Å²) in [5, 5.41) is 11.1. The van der Waals surface area contributed by atoms with E-state index in [0.29, 0.717) is 0 Å². The predicted octanol–water partition coefficient (Wildman–Crippen LogP) is 1.15. The molecule has 1 N–H and O–H groups in total. The molecule has 8 nitrogen and oxygen atoms in total. The minimum absolute atomic E-state index is 0.119. The van der Waals surface area contributed by atoms with Gasteiger partial charge in [-0.25, -0.2) is 9.59 Å². The predicted molar refractivity (Wildman–Crippen MR) is 75.5 cm³/mol. The van der Waals surface area contributed by atoms with E-state index in [1.165, 1.54) is 7.11 Å². The molecule has 0 aromatic carbocycles. The number of nitriles is 1. The molecule has 124 valence electrons. The molecule has 0 aliphatic carbocycles. The number of hydrogen-bond donors (Lipinski definition) is 1. The highest BCUT2D eigenvalue weighted by Gasteiger charge is 2.31. The van der Waals surface area contributed by atoms with Crippen molar-refractivity contribution in [2.75, 3.05) is 14.2 Å². The first-order valence-corrected chi connectivity index (χ1v) is 6.66. The van der Waals surface area contributed by atoms with Gasteiger partial charge in [-0.05, 0) is 27.2 Å². The number of methoxy groups -OCH3 is 2. The average molecular weight is 314 g/mol. The van der Waals surface area contributed by atoms with Crippen molar-refractivity contribution in [3.8, 4) is 6.07 Å². The zero-order valence-corrected chi connectivity index (χ0v) is 13.5. The van der Waals surface area contributed by atoms with Gasteiger partial charge in [0.25, 0.3) is 0 Å². The van der Waals surface area contributed by atoms with Crippen molar-refractivity contribution in [1.82, 2.24) is 5.32 Å².